The molecule has 5 aromatic rings. The van der Waals surface area contributed by atoms with E-state index in [1.54, 1.807) is 67.8 Å². The van der Waals surface area contributed by atoms with Crippen LogP contribution >= 0.6 is 11.8 Å². The molecule has 0 saturated heterocycles. The van der Waals surface area contributed by atoms with Crippen LogP contribution in [0, 0.1) is 0 Å². The summed E-state index contributed by atoms with van der Waals surface area (Å²) in [7, 11) is 3.07. The minimum absolute atomic E-state index is 0.0229. The highest BCUT2D eigenvalue weighted by Gasteiger charge is 2.18. The Morgan fingerprint density at radius 2 is 1.41 bits per heavy atom. The van der Waals surface area contributed by atoms with Crippen LogP contribution in [0.2, 0.25) is 0 Å². The zero-order valence-corrected chi connectivity index (χ0v) is 26.4. The van der Waals surface area contributed by atoms with E-state index in [1.165, 1.54) is 18.9 Å². The summed E-state index contributed by atoms with van der Waals surface area (Å²) in [4.78, 5) is 40.3. The topological polar surface area (TPSA) is 106 Å². The molecule has 0 saturated carbocycles. The lowest BCUT2D eigenvalue weighted by Gasteiger charge is -2.14. The van der Waals surface area contributed by atoms with Gasteiger partial charge < -0.3 is 25.4 Å². The fourth-order valence-electron chi connectivity index (χ4n) is 4.62. The Morgan fingerprint density at radius 3 is 2.13 bits per heavy atom. The van der Waals surface area contributed by atoms with Crippen LogP contribution in [0.15, 0.2) is 126 Å². The smallest absolute Gasteiger partial charge is 0.272 e. The summed E-state index contributed by atoms with van der Waals surface area (Å²) < 4.78 is 10.8. The molecule has 3 amide bonds. The average Bonchev–Trinajstić information content (AvgIpc) is 3.09. The van der Waals surface area contributed by atoms with Gasteiger partial charge in [0.15, 0.2) is 0 Å². The number of anilines is 2. The number of carbonyl (C=O) groups is 3. The molecule has 0 spiro atoms. The van der Waals surface area contributed by atoms with Crippen molar-refractivity contribution < 1.29 is 23.9 Å². The van der Waals surface area contributed by atoms with Crippen LogP contribution in [0.4, 0.5) is 11.4 Å². The number of benzene rings is 5. The van der Waals surface area contributed by atoms with Crippen LogP contribution < -0.4 is 25.4 Å². The van der Waals surface area contributed by atoms with E-state index >= 15 is 0 Å². The van der Waals surface area contributed by atoms with Gasteiger partial charge in [0.25, 0.3) is 11.8 Å². The largest absolute Gasteiger partial charge is 0.497 e. The highest BCUT2D eigenvalue weighted by Crippen LogP contribution is 2.28. The Labute approximate surface area is 271 Å². The predicted octanol–water partition coefficient (Wildman–Crippen LogP) is 7.39. The third-order valence-corrected chi connectivity index (χ3v) is 8.19. The van der Waals surface area contributed by atoms with Gasteiger partial charge in [-0.3, -0.25) is 14.4 Å². The van der Waals surface area contributed by atoms with Crippen molar-refractivity contribution in [2.24, 2.45) is 0 Å². The van der Waals surface area contributed by atoms with Crippen LogP contribution in [0.3, 0.4) is 0 Å². The number of hydrogen-bond acceptors (Lipinski definition) is 6. The van der Waals surface area contributed by atoms with Crippen molar-refractivity contribution in [2.45, 2.75) is 17.1 Å². The molecule has 46 heavy (non-hydrogen) atoms. The number of amides is 3. The molecule has 0 aliphatic rings. The van der Waals surface area contributed by atoms with Gasteiger partial charge in [0, 0.05) is 33.5 Å². The lowest BCUT2D eigenvalue weighted by molar-refractivity contribution is -0.115. The Hall–Kier alpha value is -5.54. The van der Waals surface area contributed by atoms with Gasteiger partial charge in [-0.05, 0) is 84.4 Å². The van der Waals surface area contributed by atoms with Gasteiger partial charge in [0.05, 0.1) is 19.5 Å². The van der Waals surface area contributed by atoms with Crippen LogP contribution in [-0.2, 0) is 9.59 Å². The number of hydrogen-bond donors (Lipinski definition) is 3. The molecular weight excluding hydrogens is 598 g/mol. The standard InChI is InChI=1S/C37H33N3O5S/c1-24(35(41)39-30-15-13-25-9-7-8-12-27(25)21-30)46-32-19-16-29(17-20-32)38-37(43)33(40-36(42)26-10-5-4-6-11-26)22-28-14-18-31(44-2)23-34(28)45-3/h4-24H,1-3H3,(H,38,43)(H,39,41)(H,40,42)/b33-22-. The van der Waals surface area contributed by atoms with Crippen LogP contribution in [0.1, 0.15) is 22.8 Å². The van der Waals surface area contributed by atoms with Gasteiger partial charge in [-0.15, -0.1) is 11.8 Å². The molecule has 0 bridgehead atoms. The molecule has 0 radical (unpaired) electrons. The lowest BCUT2D eigenvalue weighted by atomic mass is 10.1. The molecular formula is C37H33N3O5S. The van der Waals surface area contributed by atoms with Crippen molar-refractivity contribution in [1.29, 1.82) is 0 Å². The van der Waals surface area contributed by atoms with Gasteiger partial charge in [-0.1, -0.05) is 48.5 Å². The van der Waals surface area contributed by atoms with E-state index in [9.17, 15) is 14.4 Å². The Balaban J connectivity index is 1.27. The first-order valence-electron chi connectivity index (χ1n) is 14.5. The monoisotopic (exact) mass is 631 g/mol. The molecule has 0 aromatic heterocycles. The first-order chi connectivity index (χ1) is 22.3. The Kier molecular flexibility index (Phi) is 10.4. The van der Waals surface area contributed by atoms with Crippen LogP contribution in [0.5, 0.6) is 11.5 Å². The van der Waals surface area contributed by atoms with Crippen molar-refractivity contribution in [2.75, 3.05) is 24.9 Å². The number of ether oxygens (including phenoxy) is 2. The van der Waals surface area contributed by atoms with Crippen molar-refractivity contribution in [3.8, 4) is 11.5 Å². The van der Waals surface area contributed by atoms with Crippen molar-refractivity contribution in [3.63, 3.8) is 0 Å². The first-order valence-corrected chi connectivity index (χ1v) is 15.4. The second kappa shape index (κ2) is 15.0. The highest BCUT2D eigenvalue weighted by molar-refractivity contribution is 8.00. The second-order valence-electron chi connectivity index (χ2n) is 10.3. The van der Waals surface area contributed by atoms with E-state index < -0.39 is 11.8 Å². The maximum Gasteiger partial charge on any atom is 0.272 e. The fraction of sp³-hybridized carbons (Fsp3) is 0.108. The molecule has 0 heterocycles. The zero-order valence-electron chi connectivity index (χ0n) is 25.6. The minimum Gasteiger partial charge on any atom is -0.497 e. The Bertz CT molecular complexity index is 1890. The van der Waals surface area contributed by atoms with Gasteiger partial charge in [-0.2, -0.15) is 0 Å². The number of methoxy groups -OCH3 is 2. The number of nitrogens with one attached hydrogen (secondary N) is 3. The molecule has 3 N–H and O–H groups in total. The fourth-order valence-corrected chi connectivity index (χ4v) is 5.49. The third-order valence-electron chi connectivity index (χ3n) is 7.08. The minimum atomic E-state index is -0.523. The number of carbonyl (C=O) groups excluding carboxylic acids is 3. The van der Waals surface area contributed by atoms with E-state index in [0.29, 0.717) is 28.3 Å². The predicted molar refractivity (Wildman–Crippen MR) is 184 cm³/mol. The summed E-state index contributed by atoms with van der Waals surface area (Å²) in [6.45, 7) is 1.84. The molecule has 1 atom stereocenters. The van der Waals surface area contributed by atoms with Gasteiger partial charge in [0.1, 0.15) is 17.2 Å². The number of thioether (sulfide) groups is 1. The van der Waals surface area contributed by atoms with Crippen molar-refractivity contribution in [1.82, 2.24) is 5.32 Å². The second-order valence-corrected chi connectivity index (χ2v) is 11.7. The normalized spacial score (nSPS) is 11.8. The molecule has 9 heteroatoms. The van der Waals surface area contributed by atoms with Crippen molar-refractivity contribution in [3.05, 3.63) is 132 Å². The zero-order chi connectivity index (χ0) is 32.5. The lowest BCUT2D eigenvalue weighted by Crippen LogP contribution is -2.30. The maximum absolute atomic E-state index is 13.5. The van der Waals surface area contributed by atoms with Gasteiger partial charge in [-0.25, -0.2) is 0 Å². The summed E-state index contributed by atoms with van der Waals surface area (Å²) in [5, 5.41) is 10.4. The van der Waals surface area contributed by atoms with E-state index in [0.717, 1.165) is 21.4 Å². The summed E-state index contributed by atoms with van der Waals surface area (Å²) in [5.74, 6) is -0.0102. The first kappa shape index (κ1) is 31.9. The van der Waals surface area contributed by atoms with Gasteiger partial charge in [0.2, 0.25) is 5.91 Å². The number of rotatable bonds is 11. The summed E-state index contributed by atoms with van der Waals surface area (Å²) in [6.07, 6.45) is 1.55. The molecule has 1 unspecified atom stereocenters. The highest BCUT2D eigenvalue weighted by atomic mass is 32.2. The SMILES string of the molecule is COc1ccc(/C=C(\NC(=O)c2ccccc2)C(=O)Nc2ccc(SC(C)C(=O)Nc3ccc4ccccc4c3)cc2)c(OC)c1. The van der Waals surface area contributed by atoms with E-state index in [1.807, 2.05) is 67.6 Å². The Morgan fingerprint density at radius 1 is 0.717 bits per heavy atom. The average molecular weight is 632 g/mol. The van der Waals surface area contributed by atoms with E-state index in [-0.39, 0.29) is 16.9 Å². The van der Waals surface area contributed by atoms with Crippen LogP contribution in [0.25, 0.3) is 16.8 Å². The molecule has 0 fully saturated rings. The molecule has 5 aromatic carbocycles. The molecule has 0 aliphatic carbocycles. The van der Waals surface area contributed by atoms with E-state index in [2.05, 4.69) is 16.0 Å². The van der Waals surface area contributed by atoms with Crippen molar-refractivity contribution >= 4 is 57.7 Å². The molecule has 0 aliphatic heterocycles. The summed E-state index contributed by atoms with van der Waals surface area (Å²) in [5.41, 5.74) is 2.26. The molecule has 5 rings (SSSR count). The molecule has 232 valence electrons. The maximum atomic E-state index is 13.5. The third kappa shape index (κ3) is 8.13. The van der Waals surface area contributed by atoms with Crippen LogP contribution in [-0.4, -0.2) is 37.2 Å². The van der Waals surface area contributed by atoms with E-state index in [4.69, 9.17) is 9.47 Å². The molecule has 8 nitrogen and oxygen atoms in total. The van der Waals surface area contributed by atoms with Gasteiger partial charge >= 0.3 is 0 Å². The summed E-state index contributed by atoms with van der Waals surface area (Å²) in [6, 6.07) is 34.8. The quantitative estimate of drug-likeness (QED) is 0.104. The number of fused-ring (bicyclic) bond motifs is 1. The summed E-state index contributed by atoms with van der Waals surface area (Å²) >= 11 is 1.41.